The van der Waals surface area contributed by atoms with Gasteiger partial charge in [-0.15, -0.1) is 0 Å². The maximum absolute atomic E-state index is 12.4. The second-order valence-electron chi connectivity index (χ2n) is 7.63. The van der Waals surface area contributed by atoms with E-state index in [1.165, 1.54) is 6.92 Å². The third-order valence-corrected chi connectivity index (χ3v) is 5.79. The molecular weight excluding hydrogens is 470 g/mol. The molecule has 1 aromatic rings. The van der Waals surface area contributed by atoms with Crippen molar-refractivity contribution in [3.8, 4) is 0 Å². The SMILES string of the molecule is CC(OC(=O)CCCN1C(=O)c2ccc(Br)cc2C1=O)C(=O)NC(=O)NC1CCCC1. The lowest BCUT2D eigenvalue weighted by Gasteiger charge is -2.16. The molecule has 3 rings (SSSR count). The summed E-state index contributed by atoms with van der Waals surface area (Å²) < 4.78 is 5.75. The Balaban J connectivity index is 1.40. The van der Waals surface area contributed by atoms with Gasteiger partial charge in [-0.25, -0.2) is 4.79 Å². The molecule has 1 atom stereocenters. The average molecular weight is 494 g/mol. The van der Waals surface area contributed by atoms with Crippen LogP contribution < -0.4 is 10.6 Å². The first kappa shape index (κ1) is 22.9. The van der Waals surface area contributed by atoms with Gasteiger partial charge in [0.1, 0.15) is 0 Å². The minimum atomic E-state index is -1.14. The molecule has 9 nitrogen and oxygen atoms in total. The van der Waals surface area contributed by atoms with Gasteiger partial charge in [-0.1, -0.05) is 28.8 Å². The van der Waals surface area contributed by atoms with E-state index in [2.05, 4.69) is 26.6 Å². The predicted molar refractivity (Wildman–Crippen MR) is 113 cm³/mol. The van der Waals surface area contributed by atoms with Crippen LogP contribution in [0.15, 0.2) is 22.7 Å². The van der Waals surface area contributed by atoms with Crippen LogP contribution in [0.3, 0.4) is 0 Å². The van der Waals surface area contributed by atoms with Crippen LogP contribution >= 0.6 is 15.9 Å². The average Bonchev–Trinajstić information content (AvgIpc) is 3.30. The minimum absolute atomic E-state index is 0.0590. The molecule has 1 heterocycles. The predicted octanol–water partition coefficient (Wildman–Crippen LogP) is 2.53. The second-order valence-corrected chi connectivity index (χ2v) is 8.55. The summed E-state index contributed by atoms with van der Waals surface area (Å²) >= 11 is 3.27. The van der Waals surface area contributed by atoms with Crippen LogP contribution in [0.2, 0.25) is 0 Å². The summed E-state index contributed by atoms with van der Waals surface area (Å²) in [6.07, 6.45) is 2.84. The summed E-state index contributed by atoms with van der Waals surface area (Å²) in [5, 5.41) is 4.89. The molecule has 2 N–H and O–H groups in total. The van der Waals surface area contributed by atoms with E-state index in [9.17, 15) is 24.0 Å². The van der Waals surface area contributed by atoms with E-state index in [1.54, 1.807) is 18.2 Å². The normalized spacial score (nSPS) is 16.8. The van der Waals surface area contributed by atoms with E-state index in [-0.39, 0.29) is 25.4 Å². The minimum Gasteiger partial charge on any atom is -0.453 e. The Morgan fingerprint density at radius 3 is 2.55 bits per heavy atom. The third-order valence-electron chi connectivity index (χ3n) is 5.30. The Kier molecular flexibility index (Phi) is 7.42. The van der Waals surface area contributed by atoms with Crippen molar-refractivity contribution >= 4 is 45.7 Å². The number of esters is 1. The second kappa shape index (κ2) is 10.0. The number of halogens is 1. The number of hydrogen-bond acceptors (Lipinski definition) is 6. The number of nitrogens with zero attached hydrogens (tertiary/aromatic N) is 1. The van der Waals surface area contributed by atoms with Crippen molar-refractivity contribution in [2.24, 2.45) is 0 Å². The molecule has 5 amide bonds. The fourth-order valence-electron chi connectivity index (χ4n) is 3.66. The number of amides is 5. The Morgan fingerprint density at radius 2 is 1.84 bits per heavy atom. The third kappa shape index (κ3) is 5.69. The van der Waals surface area contributed by atoms with Crippen molar-refractivity contribution in [1.29, 1.82) is 0 Å². The van der Waals surface area contributed by atoms with Gasteiger partial charge in [0.25, 0.3) is 17.7 Å². The molecule has 1 saturated carbocycles. The van der Waals surface area contributed by atoms with Gasteiger partial charge in [-0.3, -0.25) is 29.4 Å². The number of fused-ring (bicyclic) bond motifs is 1. The fraction of sp³-hybridized carbons (Fsp3) is 0.476. The van der Waals surface area contributed by atoms with Crippen molar-refractivity contribution in [1.82, 2.24) is 15.5 Å². The first-order valence-electron chi connectivity index (χ1n) is 10.2. The molecule has 0 bridgehead atoms. The van der Waals surface area contributed by atoms with Gasteiger partial charge in [0.05, 0.1) is 11.1 Å². The van der Waals surface area contributed by atoms with E-state index in [0.717, 1.165) is 30.6 Å². The van der Waals surface area contributed by atoms with E-state index in [4.69, 9.17) is 4.74 Å². The van der Waals surface area contributed by atoms with E-state index in [1.807, 2.05) is 0 Å². The number of carbonyl (C=O) groups is 5. The fourth-order valence-corrected chi connectivity index (χ4v) is 4.02. The summed E-state index contributed by atoms with van der Waals surface area (Å²) in [6.45, 7) is 1.43. The van der Waals surface area contributed by atoms with Crippen LogP contribution in [0.25, 0.3) is 0 Å². The number of benzene rings is 1. The largest absolute Gasteiger partial charge is 0.453 e. The van der Waals surface area contributed by atoms with Crippen LogP contribution in [0.4, 0.5) is 4.79 Å². The number of nitrogens with one attached hydrogen (secondary N) is 2. The van der Waals surface area contributed by atoms with Gasteiger partial charge in [-0.2, -0.15) is 0 Å². The molecule has 0 radical (unpaired) electrons. The van der Waals surface area contributed by atoms with E-state index in [0.29, 0.717) is 15.6 Å². The number of carbonyl (C=O) groups excluding carboxylic acids is 5. The lowest BCUT2D eigenvalue weighted by atomic mass is 10.1. The molecule has 1 aromatic carbocycles. The molecule has 31 heavy (non-hydrogen) atoms. The molecule has 1 unspecified atom stereocenters. The summed E-state index contributed by atoms with van der Waals surface area (Å²) in [4.78, 5) is 61.8. The summed E-state index contributed by atoms with van der Waals surface area (Å²) in [5.41, 5.74) is 0.653. The molecule has 0 spiro atoms. The molecule has 0 saturated heterocycles. The Labute approximate surface area is 188 Å². The van der Waals surface area contributed by atoms with Crippen molar-refractivity contribution in [3.63, 3.8) is 0 Å². The molecule has 1 aliphatic heterocycles. The first-order chi connectivity index (χ1) is 14.8. The van der Waals surface area contributed by atoms with Crippen LogP contribution in [0, 0.1) is 0 Å². The highest BCUT2D eigenvalue weighted by molar-refractivity contribution is 9.10. The van der Waals surface area contributed by atoms with Gasteiger partial charge in [0, 0.05) is 23.5 Å². The van der Waals surface area contributed by atoms with Crippen LogP contribution in [-0.4, -0.2) is 53.3 Å². The van der Waals surface area contributed by atoms with Crippen LogP contribution in [0.1, 0.15) is 66.2 Å². The Hall–Kier alpha value is -2.75. The zero-order chi connectivity index (χ0) is 22.5. The van der Waals surface area contributed by atoms with Crippen molar-refractivity contribution < 1.29 is 28.7 Å². The van der Waals surface area contributed by atoms with Crippen LogP contribution in [-0.2, 0) is 14.3 Å². The highest BCUT2D eigenvalue weighted by Crippen LogP contribution is 2.26. The lowest BCUT2D eigenvalue weighted by molar-refractivity contribution is -0.154. The standard InChI is InChI=1S/C21H24BrN3O6/c1-12(18(27)24-21(30)23-14-5-2-3-6-14)31-17(26)7-4-10-25-19(28)15-9-8-13(22)11-16(15)20(25)29/h8-9,11-12,14H,2-7,10H2,1H3,(H2,23,24,27,30). The number of rotatable bonds is 7. The smallest absolute Gasteiger partial charge is 0.321 e. The van der Waals surface area contributed by atoms with E-state index >= 15 is 0 Å². The maximum atomic E-state index is 12.4. The maximum Gasteiger partial charge on any atom is 0.321 e. The quantitative estimate of drug-likeness (QED) is 0.444. The van der Waals surface area contributed by atoms with Gasteiger partial charge >= 0.3 is 12.0 Å². The molecule has 0 aromatic heterocycles. The van der Waals surface area contributed by atoms with Gasteiger partial charge in [-0.05, 0) is 44.4 Å². The van der Waals surface area contributed by atoms with E-state index < -0.39 is 35.8 Å². The van der Waals surface area contributed by atoms with Crippen LogP contribution in [0.5, 0.6) is 0 Å². The number of urea groups is 1. The Morgan fingerprint density at radius 1 is 1.16 bits per heavy atom. The number of imide groups is 2. The summed E-state index contributed by atoms with van der Waals surface area (Å²) in [6, 6.07) is 4.32. The van der Waals surface area contributed by atoms with Crippen molar-refractivity contribution in [2.75, 3.05) is 6.54 Å². The van der Waals surface area contributed by atoms with Crippen molar-refractivity contribution in [3.05, 3.63) is 33.8 Å². The molecule has 2 aliphatic rings. The first-order valence-corrected chi connectivity index (χ1v) is 11.0. The molecule has 1 fully saturated rings. The summed E-state index contributed by atoms with van der Waals surface area (Å²) in [7, 11) is 0. The van der Waals surface area contributed by atoms with Crippen molar-refractivity contribution in [2.45, 2.75) is 57.6 Å². The molecule has 166 valence electrons. The highest BCUT2D eigenvalue weighted by Gasteiger charge is 2.35. The number of hydrogen-bond donors (Lipinski definition) is 2. The van der Waals surface area contributed by atoms with Gasteiger partial charge in [0.2, 0.25) is 0 Å². The monoisotopic (exact) mass is 493 g/mol. The molecule has 1 aliphatic carbocycles. The van der Waals surface area contributed by atoms with Gasteiger partial charge < -0.3 is 10.1 Å². The molecular formula is C21H24BrN3O6. The topological polar surface area (TPSA) is 122 Å². The highest BCUT2D eigenvalue weighted by atomic mass is 79.9. The zero-order valence-corrected chi connectivity index (χ0v) is 18.7. The molecule has 10 heteroatoms. The van der Waals surface area contributed by atoms with Gasteiger partial charge in [0.15, 0.2) is 6.10 Å². The number of ether oxygens (including phenoxy) is 1. The summed E-state index contributed by atoms with van der Waals surface area (Å²) in [5.74, 6) is -2.18. The Bertz CT molecular complexity index is 912. The lowest BCUT2D eigenvalue weighted by Crippen LogP contribution is -2.47. The zero-order valence-electron chi connectivity index (χ0n) is 17.1.